The topological polar surface area (TPSA) is 79.2 Å². The second-order valence-corrected chi connectivity index (χ2v) is 6.45. The van der Waals surface area contributed by atoms with E-state index in [1.165, 1.54) is 12.1 Å². The van der Waals surface area contributed by atoms with Crippen LogP contribution in [0.3, 0.4) is 0 Å². The first-order chi connectivity index (χ1) is 12.5. The standard InChI is InChI=1S/C20H23FO5/c1-2-4-12-7-8-15(10-16(12)13-5-3-6-14(21)9-13)26-20-19(24)18(23)17(22)11-25-20/h3,5-10,17-20,22-24H,2,4,11H2,1H3/t17-,18+,19-,20?/m0/s1. The molecule has 4 atom stereocenters. The highest BCUT2D eigenvalue weighted by Gasteiger charge is 2.39. The maximum Gasteiger partial charge on any atom is 0.228 e. The van der Waals surface area contributed by atoms with Crippen molar-refractivity contribution in [3.63, 3.8) is 0 Å². The molecule has 1 unspecified atom stereocenters. The molecule has 6 heteroatoms. The SMILES string of the molecule is CCCc1ccc(OC2OC[C@H](O)[C@@H](O)[C@@H]2O)cc1-c1cccc(F)c1. The summed E-state index contributed by atoms with van der Waals surface area (Å²) in [6.07, 6.45) is -3.18. The van der Waals surface area contributed by atoms with Gasteiger partial charge in [0.1, 0.15) is 29.9 Å². The van der Waals surface area contributed by atoms with Gasteiger partial charge in [-0.25, -0.2) is 4.39 Å². The summed E-state index contributed by atoms with van der Waals surface area (Å²) in [5, 5.41) is 29.3. The first-order valence-electron chi connectivity index (χ1n) is 8.71. The zero-order chi connectivity index (χ0) is 18.7. The van der Waals surface area contributed by atoms with Gasteiger partial charge in [0.25, 0.3) is 0 Å². The van der Waals surface area contributed by atoms with Crippen molar-refractivity contribution in [1.82, 2.24) is 0 Å². The lowest BCUT2D eigenvalue weighted by Crippen LogP contribution is -2.54. The summed E-state index contributed by atoms with van der Waals surface area (Å²) in [5.41, 5.74) is 2.64. The smallest absolute Gasteiger partial charge is 0.228 e. The van der Waals surface area contributed by atoms with E-state index in [0.717, 1.165) is 29.5 Å². The third-order valence-electron chi connectivity index (χ3n) is 4.44. The Labute approximate surface area is 151 Å². The van der Waals surface area contributed by atoms with Gasteiger partial charge in [-0.3, -0.25) is 0 Å². The van der Waals surface area contributed by atoms with Crippen LogP contribution < -0.4 is 4.74 Å². The molecule has 5 nitrogen and oxygen atoms in total. The van der Waals surface area contributed by atoms with Gasteiger partial charge in [-0.1, -0.05) is 31.5 Å². The molecule has 3 N–H and O–H groups in total. The summed E-state index contributed by atoms with van der Waals surface area (Å²) in [4.78, 5) is 0. The predicted molar refractivity (Wildman–Crippen MR) is 94.2 cm³/mol. The van der Waals surface area contributed by atoms with E-state index in [4.69, 9.17) is 9.47 Å². The van der Waals surface area contributed by atoms with Gasteiger partial charge in [-0.05, 0) is 47.4 Å². The van der Waals surface area contributed by atoms with Crippen LogP contribution in [0.5, 0.6) is 5.75 Å². The Morgan fingerprint density at radius 2 is 1.92 bits per heavy atom. The van der Waals surface area contributed by atoms with Gasteiger partial charge in [-0.15, -0.1) is 0 Å². The van der Waals surface area contributed by atoms with Crippen molar-refractivity contribution in [2.75, 3.05) is 6.61 Å². The van der Waals surface area contributed by atoms with Gasteiger partial charge in [0.05, 0.1) is 6.61 Å². The predicted octanol–water partition coefficient (Wildman–Crippen LogP) is 2.26. The number of aliphatic hydroxyl groups is 3. The van der Waals surface area contributed by atoms with Crippen LogP contribution in [-0.2, 0) is 11.2 Å². The monoisotopic (exact) mass is 362 g/mol. The molecule has 1 heterocycles. The van der Waals surface area contributed by atoms with Crippen LogP contribution in [0.25, 0.3) is 11.1 Å². The molecule has 140 valence electrons. The fourth-order valence-electron chi connectivity index (χ4n) is 3.06. The number of halogens is 1. The molecule has 1 aliphatic rings. The molecule has 0 aromatic heterocycles. The van der Waals surface area contributed by atoms with E-state index in [1.807, 2.05) is 12.1 Å². The van der Waals surface area contributed by atoms with Crippen molar-refractivity contribution in [3.8, 4) is 16.9 Å². The quantitative estimate of drug-likeness (QED) is 0.760. The Bertz CT molecular complexity index is 751. The molecule has 2 aromatic carbocycles. The maximum absolute atomic E-state index is 13.6. The van der Waals surface area contributed by atoms with Gasteiger partial charge >= 0.3 is 0 Å². The van der Waals surface area contributed by atoms with E-state index in [1.54, 1.807) is 18.2 Å². The van der Waals surface area contributed by atoms with Gasteiger partial charge in [0.15, 0.2) is 0 Å². The first kappa shape index (κ1) is 18.8. The number of hydrogen-bond acceptors (Lipinski definition) is 5. The highest BCUT2D eigenvalue weighted by atomic mass is 19.1. The molecule has 2 aromatic rings. The summed E-state index contributed by atoms with van der Waals surface area (Å²) in [5.74, 6) is 0.108. The van der Waals surface area contributed by atoms with Crippen molar-refractivity contribution >= 4 is 0 Å². The van der Waals surface area contributed by atoms with E-state index in [-0.39, 0.29) is 12.4 Å². The minimum Gasteiger partial charge on any atom is -0.462 e. The van der Waals surface area contributed by atoms with Gasteiger partial charge in [0, 0.05) is 0 Å². The van der Waals surface area contributed by atoms with Crippen molar-refractivity contribution in [1.29, 1.82) is 0 Å². The third-order valence-corrected chi connectivity index (χ3v) is 4.44. The summed E-state index contributed by atoms with van der Waals surface area (Å²) in [6.45, 7) is 1.94. The Hall–Kier alpha value is -1.99. The highest BCUT2D eigenvalue weighted by Crippen LogP contribution is 2.31. The summed E-state index contributed by atoms with van der Waals surface area (Å²) in [6, 6.07) is 11.8. The number of benzene rings is 2. The molecular weight excluding hydrogens is 339 g/mol. The normalized spacial score (nSPS) is 25.9. The average Bonchev–Trinajstić information content (AvgIpc) is 2.63. The van der Waals surface area contributed by atoms with Crippen LogP contribution >= 0.6 is 0 Å². The lowest BCUT2D eigenvalue weighted by molar-refractivity contribution is -0.242. The van der Waals surface area contributed by atoms with Crippen LogP contribution in [0.4, 0.5) is 4.39 Å². The van der Waals surface area contributed by atoms with Crippen molar-refractivity contribution < 1.29 is 29.2 Å². The summed E-state index contributed by atoms with van der Waals surface area (Å²) >= 11 is 0. The molecule has 26 heavy (non-hydrogen) atoms. The Morgan fingerprint density at radius 3 is 2.65 bits per heavy atom. The Morgan fingerprint density at radius 1 is 1.12 bits per heavy atom. The van der Waals surface area contributed by atoms with Gasteiger partial charge < -0.3 is 24.8 Å². The molecule has 0 spiro atoms. The van der Waals surface area contributed by atoms with E-state index < -0.39 is 24.6 Å². The molecule has 0 saturated carbocycles. The second kappa shape index (κ2) is 8.14. The van der Waals surface area contributed by atoms with E-state index in [9.17, 15) is 19.7 Å². The minimum atomic E-state index is -1.37. The minimum absolute atomic E-state index is 0.131. The van der Waals surface area contributed by atoms with Crippen molar-refractivity contribution in [2.24, 2.45) is 0 Å². The Balaban J connectivity index is 1.88. The van der Waals surface area contributed by atoms with Crippen molar-refractivity contribution in [2.45, 2.75) is 44.4 Å². The third kappa shape index (κ3) is 4.04. The molecule has 0 radical (unpaired) electrons. The van der Waals surface area contributed by atoms with Gasteiger partial charge in [-0.2, -0.15) is 0 Å². The lowest BCUT2D eigenvalue weighted by Gasteiger charge is -2.35. The summed E-state index contributed by atoms with van der Waals surface area (Å²) in [7, 11) is 0. The summed E-state index contributed by atoms with van der Waals surface area (Å²) < 4.78 is 24.6. The molecule has 0 amide bonds. The molecule has 1 saturated heterocycles. The number of aryl methyl sites for hydroxylation is 1. The molecule has 1 aliphatic heterocycles. The number of rotatable bonds is 5. The first-order valence-corrected chi connectivity index (χ1v) is 8.71. The van der Waals surface area contributed by atoms with E-state index >= 15 is 0 Å². The number of ether oxygens (including phenoxy) is 2. The van der Waals surface area contributed by atoms with Crippen LogP contribution in [-0.4, -0.2) is 46.5 Å². The van der Waals surface area contributed by atoms with Crippen LogP contribution in [0.1, 0.15) is 18.9 Å². The molecular formula is C20H23FO5. The molecule has 1 fully saturated rings. The average molecular weight is 362 g/mol. The zero-order valence-corrected chi connectivity index (χ0v) is 14.5. The molecule has 3 rings (SSSR count). The highest BCUT2D eigenvalue weighted by molar-refractivity contribution is 5.69. The molecule has 0 aliphatic carbocycles. The maximum atomic E-state index is 13.6. The van der Waals surface area contributed by atoms with Gasteiger partial charge in [0.2, 0.25) is 6.29 Å². The second-order valence-electron chi connectivity index (χ2n) is 6.45. The fourth-order valence-corrected chi connectivity index (χ4v) is 3.06. The largest absolute Gasteiger partial charge is 0.462 e. The number of hydrogen-bond donors (Lipinski definition) is 3. The lowest BCUT2D eigenvalue weighted by atomic mass is 9.96. The molecule has 0 bridgehead atoms. The number of aliphatic hydroxyl groups excluding tert-OH is 3. The zero-order valence-electron chi connectivity index (χ0n) is 14.5. The van der Waals surface area contributed by atoms with Crippen LogP contribution in [0.2, 0.25) is 0 Å². The van der Waals surface area contributed by atoms with E-state index in [0.29, 0.717) is 5.75 Å². The van der Waals surface area contributed by atoms with Crippen LogP contribution in [0.15, 0.2) is 42.5 Å². The van der Waals surface area contributed by atoms with Crippen LogP contribution in [0, 0.1) is 5.82 Å². The Kier molecular flexibility index (Phi) is 5.88. The fraction of sp³-hybridized carbons (Fsp3) is 0.400. The van der Waals surface area contributed by atoms with Crippen molar-refractivity contribution in [3.05, 3.63) is 53.8 Å². The van der Waals surface area contributed by atoms with E-state index in [2.05, 4.69) is 6.92 Å².